The number of amides is 3. The van der Waals surface area contributed by atoms with Gasteiger partial charge in [-0.15, -0.1) is 0 Å². The van der Waals surface area contributed by atoms with E-state index in [1.807, 2.05) is 0 Å². The van der Waals surface area contributed by atoms with Crippen LogP contribution in [0, 0.1) is 11.3 Å². The first kappa shape index (κ1) is 24.2. The van der Waals surface area contributed by atoms with Crippen molar-refractivity contribution in [3.05, 3.63) is 35.5 Å². The van der Waals surface area contributed by atoms with Gasteiger partial charge in [0.25, 0.3) is 0 Å². The van der Waals surface area contributed by atoms with Gasteiger partial charge in [-0.25, -0.2) is 9.59 Å². The molecule has 3 N–H and O–H groups in total. The molecule has 0 spiro atoms. The number of esters is 2. The summed E-state index contributed by atoms with van der Waals surface area (Å²) in [6.07, 6.45) is -0.541. The van der Waals surface area contributed by atoms with Gasteiger partial charge in [-0.05, 0) is 57.4 Å². The number of carbonyl (C=O) groups is 4. The fourth-order valence-electron chi connectivity index (χ4n) is 3.92. The molecule has 2 aliphatic heterocycles. The highest BCUT2D eigenvalue weighted by molar-refractivity contribution is 6.07. The quantitative estimate of drug-likeness (QED) is 0.336. The molecule has 1 aromatic carbocycles. The fraction of sp³-hybridized carbons (Fsp3) is 0.478. The van der Waals surface area contributed by atoms with Crippen molar-refractivity contribution in [3.63, 3.8) is 0 Å². The predicted octanol–water partition coefficient (Wildman–Crippen LogP) is 1.85. The van der Waals surface area contributed by atoms with Gasteiger partial charge in [0.15, 0.2) is 0 Å². The van der Waals surface area contributed by atoms with E-state index in [9.17, 15) is 24.3 Å². The Morgan fingerprint density at radius 1 is 1.24 bits per heavy atom. The minimum absolute atomic E-state index is 0.0470. The Hall–Kier alpha value is -3.40. The van der Waals surface area contributed by atoms with Crippen molar-refractivity contribution < 1.29 is 33.8 Å². The molecule has 0 aliphatic carbocycles. The van der Waals surface area contributed by atoms with Crippen molar-refractivity contribution in [2.24, 2.45) is 11.3 Å². The maximum Gasteiger partial charge on any atom is 0.358 e. The van der Waals surface area contributed by atoms with Crippen LogP contribution in [-0.2, 0) is 23.9 Å². The first-order valence-electron chi connectivity index (χ1n) is 10.6. The van der Waals surface area contributed by atoms with Gasteiger partial charge >= 0.3 is 18.0 Å². The molecule has 2 aliphatic rings. The SMILES string of the molecule is CNC(=O)Nc1cccc(C2=C(C(=O)OCOC(=O)C(C)(C)C)N3C(=O)[C@H]([C@@H](C)O)[C@H]3C2)c1. The summed E-state index contributed by atoms with van der Waals surface area (Å²) < 4.78 is 10.2. The zero-order chi connectivity index (χ0) is 24.5. The standard InChI is InChI=1S/C23H29N3O7/c1-12(27)17-16-10-15(13-7-6-8-14(9-13)25-22(31)24-5)18(26(16)19(17)28)20(29)32-11-33-21(30)23(2,3)4/h6-9,12,16-17,27H,10-11H2,1-5H3,(H2,24,25,31)/t12-,16-,17-/m1/s1. The number of urea groups is 1. The number of carbonyl (C=O) groups excluding carboxylic acids is 4. The van der Waals surface area contributed by atoms with Gasteiger partial charge < -0.3 is 30.1 Å². The Balaban J connectivity index is 1.88. The van der Waals surface area contributed by atoms with Crippen molar-refractivity contribution in [2.75, 3.05) is 19.2 Å². The molecule has 10 heteroatoms. The second-order valence-electron chi connectivity index (χ2n) is 9.09. The van der Waals surface area contributed by atoms with Gasteiger partial charge in [-0.2, -0.15) is 0 Å². The zero-order valence-electron chi connectivity index (χ0n) is 19.3. The lowest BCUT2D eigenvalue weighted by Gasteiger charge is -2.44. The number of rotatable bonds is 6. The molecule has 178 valence electrons. The molecule has 0 aromatic heterocycles. The number of nitrogens with one attached hydrogen (secondary N) is 2. The lowest BCUT2D eigenvalue weighted by atomic mass is 9.82. The zero-order valence-corrected chi connectivity index (χ0v) is 19.3. The number of nitrogens with zero attached hydrogens (tertiary/aromatic N) is 1. The van der Waals surface area contributed by atoms with E-state index in [1.54, 1.807) is 45.0 Å². The Labute approximate surface area is 191 Å². The molecule has 0 saturated carbocycles. The van der Waals surface area contributed by atoms with E-state index < -0.39 is 42.2 Å². The molecule has 0 bridgehead atoms. The lowest BCUT2D eigenvalue weighted by molar-refractivity contribution is -0.175. The van der Waals surface area contributed by atoms with Gasteiger partial charge in [-0.1, -0.05) is 12.1 Å². The predicted molar refractivity (Wildman–Crippen MR) is 118 cm³/mol. The number of hydrogen-bond donors (Lipinski definition) is 3. The number of fused-ring (bicyclic) bond motifs is 1. The second-order valence-corrected chi connectivity index (χ2v) is 9.09. The maximum absolute atomic E-state index is 13.0. The molecule has 1 saturated heterocycles. The van der Waals surface area contributed by atoms with Gasteiger partial charge in [0.05, 0.1) is 23.5 Å². The number of aliphatic hydroxyl groups is 1. The van der Waals surface area contributed by atoms with Crippen LogP contribution in [-0.4, -0.2) is 59.9 Å². The van der Waals surface area contributed by atoms with Crippen molar-refractivity contribution in [1.82, 2.24) is 10.2 Å². The van der Waals surface area contributed by atoms with Crippen LogP contribution < -0.4 is 10.6 Å². The van der Waals surface area contributed by atoms with E-state index in [0.717, 1.165) is 0 Å². The van der Waals surface area contributed by atoms with Crippen LogP contribution >= 0.6 is 0 Å². The Bertz CT molecular complexity index is 1010. The molecular formula is C23H29N3O7. The van der Waals surface area contributed by atoms with Crippen LogP contribution in [0.25, 0.3) is 5.57 Å². The highest BCUT2D eigenvalue weighted by atomic mass is 16.7. The van der Waals surface area contributed by atoms with Gasteiger partial charge in [-0.3, -0.25) is 9.59 Å². The highest BCUT2D eigenvalue weighted by Gasteiger charge is 2.57. The summed E-state index contributed by atoms with van der Waals surface area (Å²) in [5.74, 6) is -2.34. The average Bonchev–Trinajstić information content (AvgIpc) is 3.07. The first-order chi connectivity index (χ1) is 15.5. The van der Waals surface area contributed by atoms with Crippen molar-refractivity contribution >= 4 is 35.1 Å². The Kier molecular flexibility index (Phi) is 6.78. The minimum Gasteiger partial charge on any atom is -0.427 e. The summed E-state index contributed by atoms with van der Waals surface area (Å²) in [6.45, 7) is 5.97. The van der Waals surface area contributed by atoms with Gasteiger partial charge in [0.1, 0.15) is 5.70 Å². The van der Waals surface area contributed by atoms with Crippen LogP contribution in [0.5, 0.6) is 0 Å². The van der Waals surface area contributed by atoms with E-state index in [2.05, 4.69) is 10.6 Å². The van der Waals surface area contributed by atoms with Gasteiger partial charge in [0.2, 0.25) is 12.7 Å². The smallest absolute Gasteiger partial charge is 0.358 e. The van der Waals surface area contributed by atoms with Crippen molar-refractivity contribution in [1.29, 1.82) is 0 Å². The largest absolute Gasteiger partial charge is 0.427 e. The molecule has 2 heterocycles. The first-order valence-corrected chi connectivity index (χ1v) is 10.6. The number of benzene rings is 1. The second kappa shape index (κ2) is 9.22. The number of ether oxygens (including phenoxy) is 2. The van der Waals surface area contributed by atoms with Crippen LogP contribution in [0.2, 0.25) is 0 Å². The van der Waals surface area contributed by atoms with Crippen LogP contribution in [0.4, 0.5) is 10.5 Å². The van der Waals surface area contributed by atoms with Gasteiger partial charge in [0, 0.05) is 12.7 Å². The van der Waals surface area contributed by atoms with E-state index in [1.165, 1.54) is 18.9 Å². The number of β-lactam (4-membered cyclic amide) rings is 1. The van der Waals surface area contributed by atoms with Crippen LogP contribution in [0.15, 0.2) is 30.0 Å². The van der Waals surface area contributed by atoms with E-state index in [-0.39, 0.29) is 17.6 Å². The summed E-state index contributed by atoms with van der Waals surface area (Å²) in [7, 11) is 1.49. The Morgan fingerprint density at radius 2 is 1.94 bits per heavy atom. The average molecular weight is 459 g/mol. The highest BCUT2D eigenvalue weighted by Crippen LogP contribution is 2.47. The Morgan fingerprint density at radius 3 is 2.55 bits per heavy atom. The maximum atomic E-state index is 13.0. The number of aliphatic hydroxyl groups excluding tert-OH is 1. The van der Waals surface area contributed by atoms with E-state index in [0.29, 0.717) is 23.2 Å². The molecule has 3 amide bonds. The van der Waals surface area contributed by atoms with Crippen molar-refractivity contribution in [2.45, 2.75) is 46.3 Å². The third kappa shape index (κ3) is 4.85. The summed E-state index contributed by atoms with van der Waals surface area (Å²) in [4.78, 5) is 50.6. The van der Waals surface area contributed by atoms with Crippen molar-refractivity contribution in [3.8, 4) is 0 Å². The normalized spacial score (nSPS) is 20.5. The molecule has 1 fully saturated rings. The molecular weight excluding hydrogens is 430 g/mol. The van der Waals surface area contributed by atoms with E-state index in [4.69, 9.17) is 9.47 Å². The topological polar surface area (TPSA) is 134 Å². The molecule has 3 atom stereocenters. The molecule has 3 rings (SSSR count). The molecule has 1 aromatic rings. The summed E-state index contributed by atoms with van der Waals surface area (Å²) in [5, 5.41) is 15.2. The van der Waals surface area contributed by atoms with E-state index >= 15 is 0 Å². The molecule has 33 heavy (non-hydrogen) atoms. The molecule has 0 unspecified atom stereocenters. The third-order valence-corrected chi connectivity index (χ3v) is 5.61. The summed E-state index contributed by atoms with van der Waals surface area (Å²) in [6, 6.07) is 6.06. The number of hydrogen-bond acceptors (Lipinski definition) is 7. The monoisotopic (exact) mass is 459 g/mol. The van der Waals surface area contributed by atoms with Crippen LogP contribution in [0.3, 0.4) is 0 Å². The summed E-state index contributed by atoms with van der Waals surface area (Å²) in [5.41, 5.74) is 0.953. The minimum atomic E-state index is -0.871. The molecule has 0 radical (unpaired) electrons. The molecule has 10 nitrogen and oxygen atoms in total. The lowest BCUT2D eigenvalue weighted by Crippen LogP contribution is -2.61. The van der Waals surface area contributed by atoms with Crippen LogP contribution in [0.1, 0.15) is 39.7 Å². The fourth-order valence-corrected chi connectivity index (χ4v) is 3.92. The third-order valence-electron chi connectivity index (χ3n) is 5.61. The number of anilines is 1. The summed E-state index contributed by atoms with van der Waals surface area (Å²) >= 11 is 0.